The van der Waals surface area contributed by atoms with Crippen molar-refractivity contribution >= 4 is 0 Å². The van der Waals surface area contributed by atoms with Gasteiger partial charge in [0.2, 0.25) is 0 Å². The zero-order valence-electron chi connectivity index (χ0n) is 12.6. The zero-order valence-corrected chi connectivity index (χ0v) is 12.6. The van der Waals surface area contributed by atoms with Gasteiger partial charge in [-0.15, -0.1) is 13.2 Å². The molecule has 1 fully saturated rings. The molecule has 2 unspecified atom stereocenters. The van der Waals surface area contributed by atoms with Crippen LogP contribution in [-0.4, -0.2) is 18.9 Å². The van der Waals surface area contributed by atoms with Crippen LogP contribution in [-0.2, 0) is 0 Å². The molecule has 0 radical (unpaired) electrons. The molecule has 0 amide bonds. The van der Waals surface area contributed by atoms with E-state index in [1.54, 1.807) is 6.07 Å². The molecule has 1 aromatic rings. The molecule has 0 aliphatic heterocycles. The lowest BCUT2D eigenvalue weighted by Gasteiger charge is -2.53. The molecule has 0 bridgehead atoms. The van der Waals surface area contributed by atoms with Crippen molar-refractivity contribution in [1.29, 1.82) is 0 Å². The summed E-state index contributed by atoms with van der Waals surface area (Å²) in [5, 5.41) is 3.50. The minimum absolute atomic E-state index is 0.0338. The quantitative estimate of drug-likeness (QED) is 0.866. The first-order chi connectivity index (χ1) is 9.74. The number of benzene rings is 1. The molecule has 0 saturated heterocycles. The molecule has 21 heavy (non-hydrogen) atoms. The van der Waals surface area contributed by atoms with Gasteiger partial charge in [-0.3, -0.25) is 0 Å². The predicted molar refractivity (Wildman–Crippen MR) is 76.3 cm³/mol. The number of hydrogen-bond acceptors (Lipinski definition) is 2. The molecule has 0 heterocycles. The Morgan fingerprint density at radius 3 is 2.62 bits per heavy atom. The molecular weight excluding hydrogens is 279 g/mol. The van der Waals surface area contributed by atoms with Crippen molar-refractivity contribution in [2.75, 3.05) is 6.54 Å². The highest BCUT2D eigenvalue weighted by molar-refractivity contribution is 5.34. The minimum Gasteiger partial charge on any atom is -0.406 e. The van der Waals surface area contributed by atoms with E-state index in [0.717, 1.165) is 24.9 Å². The zero-order chi connectivity index (χ0) is 15.7. The van der Waals surface area contributed by atoms with E-state index in [1.807, 2.05) is 6.07 Å². The van der Waals surface area contributed by atoms with E-state index in [2.05, 4.69) is 30.8 Å². The van der Waals surface area contributed by atoms with Crippen LogP contribution in [0.5, 0.6) is 5.75 Å². The van der Waals surface area contributed by atoms with Gasteiger partial charge in [0.15, 0.2) is 0 Å². The van der Waals surface area contributed by atoms with Gasteiger partial charge in [0.05, 0.1) is 0 Å². The summed E-state index contributed by atoms with van der Waals surface area (Å²) in [6.07, 6.45) is -2.62. The van der Waals surface area contributed by atoms with E-state index in [-0.39, 0.29) is 17.1 Å². The van der Waals surface area contributed by atoms with E-state index < -0.39 is 6.36 Å². The van der Waals surface area contributed by atoms with Crippen LogP contribution in [0.3, 0.4) is 0 Å². The minimum atomic E-state index is -4.64. The Balaban J connectivity index is 2.08. The molecule has 118 valence electrons. The average molecular weight is 301 g/mol. The second-order valence-electron chi connectivity index (χ2n) is 6.24. The SMILES string of the molecule is CCCNC1CC(c2cccc(OC(F)(F)F)c2)C1(C)C. The van der Waals surface area contributed by atoms with Gasteiger partial charge < -0.3 is 10.1 Å². The third-order valence-corrected chi connectivity index (χ3v) is 4.40. The van der Waals surface area contributed by atoms with Gasteiger partial charge in [0.25, 0.3) is 0 Å². The van der Waals surface area contributed by atoms with Crippen molar-refractivity contribution in [3.63, 3.8) is 0 Å². The largest absolute Gasteiger partial charge is 0.573 e. The van der Waals surface area contributed by atoms with Crippen LogP contribution in [0.1, 0.15) is 45.1 Å². The predicted octanol–water partition coefficient (Wildman–Crippen LogP) is 4.47. The lowest BCUT2D eigenvalue weighted by molar-refractivity contribution is -0.274. The van der Waals surface area contributed by atoms with Crippen LogP contribution >= 0.6 is 0 Å². The van der Waals surface area contributed by atoms with Crippen molar-refractivity contribution in [3.05, 3.63) is 29.8 Å². The Morgan fingerprint density at radius 1 is 1.33 bits per heavy atom. The molecule has 1 aliphatic carbocycles. The first-order valence-corrected chi connectivity index (χ1v) is 7.33. The molecule has 5 heteroatoms. The summed E-state index contributed by atoms with van der Waals surface area (Å²) in [7, 11) is 0. The highest BCUT2D eigenvalue weighted by atomic mass is 19.4. The fourth-order valence-corrected chi connectivity index (χ4v) is 3.08. The monoisotopic (exact) mass is 301 g/mol. The summed E-state index contributed by atoms with van der Waals surface area (Å²) in [5.74, 6) is 0.115. The molecule has 1 aliphatic rings. The number of alkyl halides is 3. The normalized spacial score (nSPS) is 24.5. The number of nitrogens with one attached hydrogen (secondary N) is 1. The van der Waals surface area contributed by atoms with E-state index in [9.17, 15) is 13.2 Å². The maximum absolute atomic E-state index is 12.3. The summed E-state index contributed by atoms with van der Waals surface area (Å²) in [6.45, 7) is 7.41. The van der Waals surface area contributed by atoms with Gasteiger partial charge in [0.1, 0.15) is 5.75 Å². The first-order valence-electron chi connectivity index (χ1n) is 7.33. The van der Waals surface area contributed by atoms with E-state index in [4.69, 9.17) is 0 Å². The highest BCUT2D eigenvalue weighted by Crippen LogP contribution is 2.52. The fraction of sp³-hybridized carbons (Fsp3) is 0.625. The van der Waals surface area contributed by atoms with Gasteiger partial charge in [-0.05, 0) is 48.4 Å². The van der Waals surface area contributed by atoms with Gasteiger partial charge in [-0.25, -0.2) is 0 Å². The van der Waals surface area contributed by atoms with Crippen molar-refractivity contribution in [2.24, 2.45) is 5.41 Å². The van der Waals surface area contributed by atoms with Crippen LogP contribution in [0.25, 0.3) is 0 Å². The fourth-order valence-electron chi connectivity index (χ4n) is 3.08. The topological polar surface area (TPSA) is 21.3 Å². The standard InChI is InChI=1S/C16H22F3NO/c1-4-8-20-14-10-13(15(14,2)3)11-6-5-7-12(9-11)21-16(17,18)19/h5-7,9,13-14,20H,4,8,10H2,1-3H3. The summed E-state index contributed by atoms with van der Waals surface area (Å²) in [4.78, 5) is 0. The molecule has 0 aromatic heterocycles. The van der Waals surface area contributed by atoms with Crippen molar-refractivity contribution < 1.29 is 17.9 Å². The molecule has 2 atom stereocenters. The molecule has 0 spiro atoms. The summed E-state index contributed by atoms with van der Waals surface area (Å²) in [6, 6.07) is 6.77. The molecule has 2 rings (SSSR count). The van der Waals surface area contributed by atoms with Crippen LogP contribution in [0.4, 0.5) is 13.2 Å². The number of hydrogen-bond donors (Lipinski definition) is 1. The second kappa shape index (κ2) is 5.87. The molecule has 2 nitrogen and oxygen atoms in total. The lowest BCUT2D eigenvalue weighted by Crippen LogP contribution is -2.55. The van der Waals surface area contributed by atoms with Gasteiger partial charge in [-0.2, -0.15) is 0 Å². The Kier molecular flexibility index (Phi) is 4.51. The van der Waals surface area contributed by atoms with E-state index in [1.165, 1.54) is 12.1 Å². The third kappa shape index (κ3) is 3.70. The van der Waals surface area contributed by atoms with Crippen LogP contribution in [0, 0.1) is 5.41 Å². The number of halogens is 3. The maximum atomic E-state index is 12.3. The molecule has 1 saturated carbocycles. The van der Waals surface area contributed by atoms with Gasteiger partial charge in [0, 0.05) is 6.04 Å². The Hall–Kier alpha value is -1.23. The summed E-state index contributed by atoms with van der Waals surface area (Å²) >= 11 is 0. The van der Waals surface area contributed by atoms with Crippen molar-refractivity contribution in [2.45, 2.75) is 51.9 Å². The van der Waals surface area contributed by atoms with E-state index in [0.29, 0.717) is 6.04 Å². The molecule has 1 aromatic carbocycles. The van der Waals surface area contributed by atoms with Gasteiger partial charge >= 0.3 is 6.36 Å². The number of ether oxygens (including phenoxy) is 1. The van der Waals surface area contributed by atoms with Gasteiger partial charge in [-0.1, -0.05) is 32.9 Å². The average Bonchev–Trinajstić information content (AvgIpc) is 2.36. The summed E-state index contributed by atoms with van der Waals surface area (Å²) < 4.78 is 40.9. The molecule has 1 N–H and O–H groups in total. The van der Waals surface area contributed by atoms with Crippen molar-refractivity contribution in [3.8, 4) is 5.75 Å². The Morgan fingerprint density at radius 2 is 2.05 bits per heavy atom. The first kappa shape index (κ1) is 16.1. The maximum Gasteiger partial charge on any atom is 0.573 e. The Labute approximate surface area is 123 Å². The second-order valence-corrected chi connectivity index (χ2v) is 6.24. The van der Waals surface area contributed by atoms with Crippen LogP contribution in [0.2, 0.25) is 0 Å². The van der Waals surface area contributed by atoms with Crippen LogP contribution in [0.15, 0.2) is 24.3 Å². The summed E-state index contributed by atoms with van der Waals surface area (Å²) in [5.41, 5.74) is 0.947. The number of rotatable bonds is 5. The molecular formula is C16H22F3NO. The Bertz CT molecular complexity index is 485. The third-order valence-electron chi connectivity index (χ3n) is 4.40. The van der Waals surface area contributed by atoms with Crippen LogP contribution < -0.4 is 10.1 Å². The lowest BCUT2D eigenvalue weighted by atomic mass is 9.56. The van der Waals surface area contributed by atoms with Crippen molar-refractivity contribution in [1.82, 2.24) is 5.32 Å². The highest BCUT2D eigenvalue weighted by Gasteiger charge is 2.48. The van der Waals surface area contributed by atoms with E-state index >= 15 is 0 Å². The smallest absolute Gasteiger partial charge is 0.406 e.